The molecule has 7 nitrogen and oxygen atoms in total. The third-order valence-electron chi connectivity index (χ3n) is 4.55. The number of carbonyl (C=O) groups is 1. The van der Waals surface area contributed by atoms with Crippen LogP contribution < -0.4 is 10.2 Å². The van der Waals surface area contributed by atoms with Gasteiger partial charge in [-0.1, -0.05) is 6.07 Å². The zero-order valence-corrected chi connectivity index (χ0v) is 14.2. The maximum atomic E-state index is 12.8. The van der Waals surface area contributed by atoms with Crippen molar-refractivity contribution < 1.29 is 4.79 Å². The van der Waals surface area contributed by atoms with Crippen LogP contribution in [0, 0.1) is 0 Å². The zero-order valence-electron chi connectivity index (χ0n) is 13.4. The molecule has 2 aliphatic rings. The van der Waals surface area contributed by atoms with E-state index in [-0.39, 0.29) is 18.3 Å². The number of hydrogen-bond acceptors (Lipinski definition) is 5. The summed E-state index contributed by atoms with van der Waals surface area (Å²) in [6.45, 7) is 4.66. The van der Waals surface area contributed by atoms with Gasteiger partial charge in [0, 0.05) is 63.1 Å². The standard InChI is InChI=1S/C16H20N6O.ClH/c23-16(15-12-11-17-6-4-13(12)19-20-15)22-9-7-21(8-10-22)14-3-1-2-5-18-14;/h1-3,5,17H,4,6-11H2,(H,19,20);1H. The molecule has 0 spiro atoms. The number of pyridine rings is 1. The van der Waals surface area contributed by atoms with Crippen molar-refractivity contribution in [3.63, 3.8) is 0 Å². The van der Waals surface area contributed by atoms with Gasteiger partial charge in [0.1, 0.15) is 5.82 Å². The predicted molar refractivity (Wildman–Crippen MR) is 93.6 cm³/mol. The third kappa shape index (κ3) is 3.09. The molecule has 2 aromatic rings. The number of aromatic nitrogens is 3. The van der Waals surface area contributed by atoms with E-state index in [0.717, 1.165) is 49.7 Å². The maximum Gasteiger partial charge on any atom is 0.274 e. The van der Waals surface area contributed by atoms with E-state index >= 15 is 0 Å². The Hall–Kier alpha value is -2.12. The molecule has 0 saturated carbocycles. The minimum absolute atomic E-state index is 0. The number of anilines is 1. The van der Waals surface area contributed by atoms with Crippen LogP contribution in [0.4, 0.5) is 5.82 Å². The Labute approximate surface area is 146 Å². The van der Waals surface area contributed by atoms with Crippen LogP contribution in [0.5, 0.6) is 0 Å². The molecule has 4 heterocycles. The fourth-order valence-corrected chi connectivity index (χ4v) is 3.23. The molecular weight excluding hydrogens is 328 g/mol. The van der Waals surface area contributed by atoms with Crippen molar-refractivity contribution >= 4 is 24.1 Å². The maximum absolute atomic E-state index is 12.8. The number of piperazine rings is 1. The van der Waals surface area contributed by atoms with Crippen LogP contribution in [0.3, 0.4) is 0 Å². The van der Waals surface area contributed by atoms with Crippen LogP contribution >= 0.6 is 12.4 Å². The number of halogens is 1. The summed E-state index contributed by atoms with van der Waals surface area (Å²) < 4.78 is 0. The Balaban J connectivity index is 0.00000169. The van der Waals surface area contributed by atoms with E-state index in [2.05, 4.69) is 25.4 Å². The number of aromatic amines is 1. The Morgan fingerprint density at radius 1 is 1.17 bits per heavy atom. The molecule has 1 fully saturated rings. The SMILES string of the molecule is Cl.O=C(c1n[nH]c2c1CNCC2)N1CCN(c2ccccn2)CC1. The summed E-state index contributed by atoms with van der Waals surface area (Å²) in [6.07, 6.45) is 2.71. The van der Waals surface area contributed by atoms with E-state index in [1.54, 1.807) is 6.20 Å². The van der Waals surface area contributed by atoms with Gasteiger partial charge in [-0.3, -0.25) is 9.89 Å². The van der Waals surface area contributed by atoms with Gasteiger partial charge in [-0.2, -0.15) is 5.10 Å². The molecule has 2 N–H and O–H groups in total. The summed E-state index contributed by atoms with van der Waals surface area (Å²) in [6, 6.07) is 5.91. The van der Waals surface area contributed by atoms with E-state index in [1.165, 1.54) is 0 Å². The van der Waals surface area contributed by atoms with Crippen LogP contribution in [-0.4, -0.2) is 58.7 Å². The molecule has 1 saturated heterocycles. The monoisotopic (exact) mass is 348 g/mol. The number of hydrogen-bond donors (Lipinski definition) is 2. The minimum Gasteiger partial charge on any atom is -0.353 e. The van der Waals surface area contributed by atoms with Crippen molar-refractivity contribution in [2.24, 2.45) is 0 Å². The Bertz CT molecular complexity index is 696. The quantitative estimate of drug-likeness (QED) is 0.840. The average molecular weight is 349 g/mol. The molecular formula is C16H21ClN6O. The van der Waals surface area contributed by atoms with Gasteiger partial charge in [0.25, 0.3) is 5.91 Å². The van der Waals surface area contributed by atoms with Gasteiger partial charge in [0.15, 0.2) is 5.69 Å². The summed E-state index contributed by atoms with van der Waals surface area (Å²) >= 11 is 0. The predicted octanol–water partition coefficient (Wildman–Crippen LogP) is 0.835. The van der Waals surface area contributed by atoms with Crippen molar-refractivity contribution in [3.8, 4) is 0 Å². The first kappa shape index (κ1) is 16.7. The molecule has 0 radical (unpaired) electrons. The number of fused-ring (bicyclic) bond motifs is 1. The lowest BCUT2D eigenvalue weighted by molar-refractivity contribution is 0.0739. The highest BCUT2D eigenvalue weighted by Gasteiger charge is 2.28. The van der Waals surface area contributed by atoms with Gasteiger partial charge in [-0.25, -0.2) is 4.98 Å². The molecule has 0 aliphatic carbocycles. The van der Waals surface area contributed by atoms with Gasteiger partial charge >= 0.3 is 0 Å². The van der Waals surface area contributed by atoms with E-state index in [1.807, 2.05) is 23.1 Å². The van der Waals surface area contributed by atoms with E-state index in [0.29, 0.717) is 18.8 Å². The normalized spacial score (nSPS) is 17.2. The van der Waals surface area contributed by atoms with Crippen LogP contribution in [0.25, 0.3) is 0 Å². The number of rotatable bonds is 2. The first-order valence-electron chi connectivity index (χ1n) is 8.05. The van der Waals surface area contributed by atoms with Crippen LogP contribution in [0.1, 0.15) is 21.7 Å². The summed E-state index contributed by atoms with van der Waals surface area (Å²) in [4.78, 5) is 21.2. The van der Waals surface area contributed by atoms with Gasteiger partial charge in [0.2, 0.25) is 0 Å². The zero-order chi connectivity index (χ0) is 15.6. The van der Waals surface area contributed by atoms with Crippen molar-refractivity contribution in [2.45, 2.75) is 13.0 Å². The molecule has 0 atom stereocenters. The first-order chi connectivity index (χ1) is 11.3. The number of nitrogens with one attached hydrogen (secondary N) is 2. The van der Waals surface area contributed by atoms with Crippen molar-refractivity contribution in [2.75, 3.05) is 37.6 Å². The van der Waals surface area contributed by atoms with E-state index < -0.39 is 0 Å². The van der Waals surface area contributed by atoms with Gasteiger partial charge in [0.05, 0.1) is 0 Å². The summed E-state index contributed by atoms with van der Waals surface area (Å²) in [7, 11) is 0. The van der Waals surface area contributed by atoms with E-state index in [4.69, 9.17) is 0 Å². The smallest absolute Gasteiger partial charge is 0.274 e. The van der Waals surface area contributed by atoms with Gasteiger partial charge in [-0.15, -0.1) is 12.4 Å². The molecule has 128 valence electrons. The lowest BCUT2D eigenvalue weighted by atomic mass is 10.1. The highest BCUT2D eigenvalue weighted by Crippen LogP contribution is 2.19. The molecule has 1 amide bonds. The number of amides is 1. The second-order valence-electron chi connectivity index (χ2n) is 5.92. The van der Waals surface area contributed by atoms with Gasteiger partial charge in [-0.05, 0) is 12.1 Å². The minimum atomic E-state index is 0. The number of carbonyl (C=O) groups excluding carboxylic acids is 1. The second kappa shape index (κ2) is 7.19. The fourth-order valence-electron chi connectivity index (χ4n) is 3.23. The molecule has 0 aromatic carbocycles. The molecule has 24 heavy (non-hydrogen) atoms. The van der Waals surface area contributed by atoms with Crippen LogP contribution in [0.15, 0.2) is 24.4 Å². The number of nitrogens with zero attached hydrogens (tertiary/aromatic N) is 4. The van der Waals surface area contributed by atoms with Crippen molar-refractivity contribution in [1.82, 2.24) is 25.4 Å². The molecule has 8 heteroatoms. The lowest BCUT2D eigenvalue weighted by Crippen LogP contribution is -2.49. The molecule has 2 aromatic heterocycles. The Morgan fingerprint density at radius 2 is 2.00 bits per heavy atom. The summed E-state index contributed by atoms with van der Waals surface area (Å²) in [5.74, 6) is 1.01. The topological polar surface area (TPSA) is 77.2 Å². The Morgan fingerprint density at radius 3 is 2.75 bits per heavy atom. The van der Waals surface area contributed by atoms with Crippen LogP contribution in [-0.2, 0) is 13.0 Å². The fraction of sp³-hybridized carbons (Fsp3) is 0.438. The molecule has 4 rings (SSSR count). The summed E-state index contributed by atoms with van der Waals surface area (Å²) in [5.41, 5.74) is 2.71. The average Bonchev–Trinajstić information content (AvgIpc) is 3.06. The van der Waals surface area contributed by atoms with Crippen molar-refractivity contribution in [1.29, 1.82) is 0 Å². The second-order valence-corrected chi connectivity index (χ2v) is 5.92. The van der Waals surface area contributed by atoms with E-state index in [9.17, 15) is 4.79 Å². The highest BCUT2D eigenvalue weighted by molar-refractivity contribution is 5.94. The van der Waals surface area contributed by atoms with Gasteiger partial charge < -0.3 is 15.1 Å². The Kier molecular flexibility index (Phi) is 5.01. The summed E-state index contributed by atoms with van der Waals surface area (Å²) in [5, 5.41) is 10.6. The lowest BCUT2D eigenvalue weighted by Gasteiger charge is -2.35. The molecule has 0 bridgehead atoms. The third-order valence-corrected chi connectivity index (χ3v) is 4.55. The molecule has 0 unspecified atom stereocenters. The highest BCUT2D eigenvalue weighted by atomic mass is 35.5. The van der Waals surface area contributed by atoms with Crippen LogP contribution in [0.2, 0.25) is 0 Å². The number of H-pyrrole nitrogens is 1. The van der Waals surface area contributed by atoms with Crippen molar-refractivity contribution in [3.05, 3.63) is 41.3 Å². The largest absolute Gasteiger partial charge is 0.353 e. The first-order valence-corrected chi connectivity index (χ1v) is 8.05. The molecule has 2 aliphatic heterocycles.